The van der Waals surface area contributed by atoms with Crippen molar-refractivity contribution in [3.8, 4) is 33.4 Å². The molecule has 2 nitrogen and oxygen atoms in total. The second-order valence-electron chi connectivity index (χ2n) is 15.6. The van der Waals surface area contributed by atoms with Gasteiger partial charge in [-0.3, -0.25) is 0 Å². The van der Waals surface area contributed by atoms with E-state index < -0.39 is 0 Å². The molecule has 0 unspecified atom stereocenters. The number of furan rings is 2. The molecular formula is C56H32O2. The van der Waals surface area contributed by atoms with Crippen molar-refractivity contribution in [3.63, 3.8) is 0 Å². The Labute approximate surface area is 332 Å². The summed E-state index contributed by atoms with van der Waals surface area (Å²) < 4.78 is 13.0. The van der Waals surface area contributed by atoms with Crippen LogP contribution in [-0.4, -0.2) is 0 Å². The fourth-order valence-electron chi connectivity index (χ4n) is 9.72. The van der Waals surface area contributed by atoms with Crippen LogP contribution < -0.4 is 0 Å². The average Bonchev–Trinajstić information content (AvgIpc) is 3.84. The molecule has 0 aliphatic rings. The van der Waals surface area contributed by atoms with Crippen LogP contribution >= 0.6 is 0 Å². The van der Waals surface area contributed by atoms with Crippen LogP contribution in [0.2, 0.25) is 0 Å². The fraction of sp³-hybridized carbons (Fsp3) is 0. The van der Waals surface area contributed by atoms with E-state index in [4.69, 9.17) is 8.83 Å². The van der Waals surface area contributed by atoms with Gasteiger partial charge in [0.15, 0.2) is 0 Å². The predicted molar refractivity (Wildman–Crippen MR) is 245 cm³/mol. The van der Waals surface area contributed by atoms with Gasteiger partial charge in [0.2, 0.25) is 0 Å². The lowest BCUT2D eigenvalue weighted by Gasteiger charge is -2.18. The van der Waals surface area contributed by atoms with Gasteiger partial charge in [-0.15, -0.1) is 0 Å². The van der Waals surface area contributed by atoms with Gasteiger partial charge in [-0.1, -0.05) is 152 Å². The van der Waals surface area contributed by atoms with E-state index in [-0.39, 0.29) is 0 Å². The van der Waals surface area contributed by atoms with Gasteiger partial charge < -0.3 is 8.83 Å². The van der Waals surface area contributed by atoms with Crippen LogP contribution in [0.3, 0.4) is 0 Å². The molecule has 0 aliphatic carbocycles. The van der Waals surface area contributed by atoms with Crippen molar-refractivity contribution in [2.24, 2.45) is 0 Å². The van der Waals surface area contributed by atoms with Crippen molar-refractivity contribution in [2.45, 2.75) is 0 Å². The standard InChI is InChI=1S/C56H32O2/c1-2-12-34-28-38(25-21-33(34)11-1)54-42-15-4-6-17-44(42)55(45-18-7-5-16-43(45)54)39-26-23-35-27-37(24-22-36(35)29-39)47-30-50-49-32-52-48(41-14-9-10-20-51(41)57-52)31-53(49)58-56(50)46-19-8-3-13-40(46)47/h1-32H. The number of rotatable bonds is 3. The van der Waals surface area contributed by atoms with E-state index in [1.54, 1.807) is 0 Å². The van der Waals surface area contributed by atoms with Crippen molar-refractivity contribution < 1.29 is 8.83 Å². The summed E-state index contributed by atoms with van der Waals surface area (Å²) in [5.74, 6) is 0. The number of para-hydroxylation sites is 1. The SMILES string of the molecule is c1ccc2cc(-c3c4ccccc4c(-c4ccc5cc(-c6cc7c8cc9oc%10ccccc%10c9cc8oc7c7ccccc67)ccc5c4)c4ccccc34)ccc2c1. The van der Waals surface area contributed by atoms with Crippen LogP contribution in [0, 0.1) is 0 Å². The quantitative estimate of drug-likeness (QED) is 0.169. The smallest absolute Gasteiger partial charge is 0.143 e. The first kappa shape index (κ1) is 31.5. The molecule has 2 heterocycles. The molecule has 13 aromatic rings. The molecule has 0 aliphatic heterocycles. The first-order valence-corrected chi connectivity index (χ1v) is 19.9. The third kappa shape index (κ3) is 4.54. The highest BCUT2D eigenvalue weighted by Crippen LogP contribution is 2.46. The Hall–Kier alpha value is -7.68. The van der Waals surface area contributed by atoms with Crippen molar-refractivity contribution >= 4 is 97.7 Å². The molecule has 0 saturated heterocycles. The Balaban J connectivity index is 0.980. The van der Waals surface area contributed by atoms with Gasteiger partial charge >= 0.3 is 0 Å². The molecule has 0 amide bonds. The lowest BCUT2D eigenvalue weighted by molar-refractivity contribution is 0.665. The summed E-state index contributed by atoms with van der Waals surface area (Å²) in [7, 11) is 0. The molecule has 0 fully saturated rings. The van der Waals surface area contributed by atoms with E-state index >= 15 is 0 Å². The molecule has 0 radical (unpaired) electrons. The van der Waals surface area contributed by atoms with E-state index in [2.05, 4.69) is 182 Å². The molecule has 2 aromatic heterocycles. The molecule has 0 N–H and O–H groups in total. The van der Waals surface area contributed by atoms with Crippen LogP contribution in [-0.2, 0) is 0 Å². The molecule has 11 aromatic carbocycles. The minimum absolute atomic E-state index is 0.868. The molecule has 268 valence electrons. The van der Waals surface area contributed by atoms with Gasteiger partial charge in [0, 0.05) is 26.9 Å². The van der Waals surface area contributed by atoms with E-state index in [1.165, 1.54) is 81.9 Å². The molecule has 0 spiro atoms. The lowest BCUT2D eigenvalue weighted by Crippen LogP contribution is -1.91. The second-order valence-corrected chi connectivity index (χ2v) is 15.6. The van der Waals surface area contributed by atoms with Gasteiger partial charge in [0.25, 0.3) is 0 Å². The number of hydrogen-bond donors (Lipinski definition) is 0. The molecular weight excluding hydrogens is 705 g/mol. The molecule has 2 heteroatoms. The number of benzene rings is 11. The Morgan fingerprint density at radius 3 is 1.34 bits per heavy atom. The first-order chi connectivity index (χ1) is 28.7. The summed E-state index contributed by atoms with van der Waals surface area (Å²) in [6.07, 6.45) is 0. The Kier molecular flexibility index (Phi) is 6.47. The largest absolute Gasteiger partial charge is 0.456 e. The van der Waals surface area contributed by atoms with Gasteiger partial charge in [0.1, 0.15) is 22.3 Å². The minimum atomic E-state index is 0.868. The Bertz CT molecular complexity index is 3800. The van der Waals surface area contributed by atoms with Gasteiger partial charge in [-0.25, -0.2) is 0 Å². The van der Waals surface area contributed by atoms with Crippen molar-refractivity contribution in [1.29, 1.82) is 0 Å². The van der Waals surface area contributed by atoms with E-state index in [0.29, 0.717) is 0 Å². The summed E-state index contributed by atoms with van der Waals surface area (Å²) in [5.41, 5.74) is 10.9. The minimum Gasteiger partial charge on any atom is -0.456 e. The number of hydrogen-bond acceptors (Lipinski definition) is 2. The van der Waals surface area contributed by atoms with Crippen LogP contribution in [0.4, 0.5) is 0 Å². The van der Waals surface area contributed by atoms with Crippen LogP contribution in [0.1, 0.15) is 0 Å². The monoisotopic (exact) mass is 736 g/mol. The topological polar surface area (TPSA) is 26.3 Å². The summed E-state index contributed by atoms with van der Waals surface area (Å²) in [4.78, 5) is 0. The van der Waals surface area contributed by atoms with Crippen LogP contribution in [0.25, 0.3) is 131 Å². The zero-order valence-electron chi connectivity index (χ0n) is 31.3. The maximum atomic E-state index is 6.68. The van der Waals surface area contributed by atoms with Gasteiger partial charge in [-0.05, 0) is 124 Å². The summed E-state index contributed by atoms with van der Waals surface area (Å²) >= 11 is 0. The van der Waals surface area contributed by atoms with E-state index in [0.717, 1.165) is 49.3 Å². The Morgan fingerprint density at radius 2 is 0.690 bits per heavy atom. The summed E-state index contributed by atoms with van der Waals surface area (Å²) in [6.45, 7) is 0. The second kappa shape index (κ2) is 11.9. The maximum Gasteiger partial charge on any atom is 0.143 e. The highest BCUT2D eigenvalue weighted by molar-refractivity contribution is 6.24. The van der Waals surface area contributed by atoms with E-state index in [1.807, 2.05) is 12.1 Å². The average molecular weight is 737 g/mol. The van der Waals surface area contributed by atoms with E-state index in [9.17, 15) is 0 Å². The van der Waals surface area contributed by atoms with Crippen molar-refractivity contribution in [2.75, 3.05) is 0 Å². The molecule has 0 bridgehead atoms. The molecule has 0 atom stereocenters. The molecule has 0 saturated carbocycles. The third-order valence-electron chi connectivity index (χ3n) is 12.4. The molecule has 13 rings (SSSR count). The highest BCUT2D eigenvalue weighted by Gasteiger charge is 2.20. The van der Waals surface area contributed by atoms with Gasteiger partial charge in [-0.2, -0.15) is 0 Å². The van der Waals surface area contributed by atoms with Crippen LogP contribution in [0.5, 0.6) is 0 Å². The maximum absolute atomic E-state index is 6.68. The first-order valence-electron chi connectivity index (χ1n) is 19.9. The van der Waals surface area contributed by atoms with Crippen LogP contribution in [0.15, 0.2) is 203 Å². The third-order valence-corrected chi connectivity index (χ3v) is 12.4. The summed E-state index contributed by atoms with van der Waals surface area (Å²) in [5, 5.41) is 16.5. The van der Waals surface area contributed by atoms with Crippen molar-refractivity contribution in [1.82, 2.24) is 0 Å². The lowest BCUT2D eigenvalue weighted by atomic mass is 9.85. The highest BCUT2D eigenvalue weighted by atomic mass is 16.3. The zero-order chi connectivity index (χ0) is 37.9. The zero-order valence-corrected chi connectivity index (χ0v) is 31.3. The molecule has 58 heavy (non-hydrogen) atoms. The fourth-order valence-corrected chi connectivity index (χ4v) is 9.72. The predicted octanol–water partition coefficient (Wildman–Crippen LogP) is 16.3. The summed E-state index contributed by atoms with van der Waals surface area (Å²) in [6, 6.07) is 70.6. The number of fused-ring (bicyclic) bond motifs is 12. The normalized spacial score (nSPS) is 12.1. The Morgan fingerprint density at radius 1 is 0.241 bits per heavy atom. The van der Waals surface area contributed by atoms with Gasteiger partial charge in [0.05, 0.1) is 0 Å². The van der Waals surface area contributed by atoms with Crippen molar-refractivity contribution in [3.05, 3.63) is 194 Å².